The molecule has 39 heavy (non-hydrogen) atoms. The van der Waals surface area contributed by atoms with Crippen LogP contribution in [0.3, 0.4) is 0 Å². The monoisotopic (exact) mass is 515 g/mol. The minimum Gasteiger partial charge on any atom is -0.356 e. The fourth-order valence-corrected chi connectivity index (χ4v) is 4.94. The Labute approximate surface area is 227 Å². The van der Waals surface area contributed by atoms with E-state index in [0.717, 1.165) is 62.6 Å². The van der Waals surface area contributed by atoms with Crippen LogP contribution in [0.15, 0.2) is 84.6 Å². The van der Waals surface area contributed by atoms with Gasteiger partial charge >= 0.3 is 0 Å². The highest BCUT2D eigenvalue weighted by Gasteiger charge is 2.23. The number of nitrogens with zero attached hydrogens (tertiary/aromatic N) is 4. The summed E-state index contributed by atoms with van der Waals surface area (Å²) in [4.78, 5) is 29.3. The molecule has 194 valence electrons. The number of carbonyl (C=O) groups excluding carboxylic acids is 1. The predicted molar refractivity (Wildman–Crippen MR) is 153 cm³/mol. The summed E-state index contributed by atoms with van der Waals surface area (Å²) in [5, 5.41) is 7.65. The van der Waals surface area contributed by atoms with E-state index in [-0.39, 0.29) is 11.8 Å². The van der Waals surface area contributed by atoms with Crippen molar-refractivity contribution in [2.45, 2.75) is 33.2 Å². The Balaban J connectivity index is 1.34. The van der Waals surface area contributed by atoms with Crippen molar-refractivity contribution in [1.82, 2.24) is 25.4 Å². The molecule has 4 aromatic heterocycles. The van der Waals surface area contributed by atoms with Crippen molar-refractivity contribution in [3.05, 3.63) is 113 Å². The molecule has 1 amide bonds. The number of rotatable bonds is 6. The number of hydrogen-bond donors (Lipinski definition) is 3. The highest BCUT2D eigenvalue weighted by molar-refractivity contribution is 6.14. The van der Waals surface area contributed by atoms with E-state index in [1.165, 1.54) is 0 Å². The Morgan fingerprint density at radius 1 is 1.03 bits per heavy atom. The topological polar surface area (TPSA) is 108 Å². The lowest BCUT2D eigenvalue weighted by molar-refractivity contribution is -0.116. The summed E-state index contributed by atoms with van der Waals surface area (Å²) in [6.07, 6.45) is 16.6. The Morgan fingerprint density at radius 2 is 1.90 bits per heavy atom. The number of hydrogen-bond acceptors (Lipinski definition) is 6. The molecule has 1 aliphatic heterocycles. The summed E-state index contributed by atoms with van der Waals surface area (Å²) >= 11 is 0. The van der Waals surface area contributed by atoms with Gasteiger partial charge in [0, 0.05) is 71.1 Å². The summed E-state index contributed by atoms with van der Waals surface area (Å²) in [7, 11) is 0. The molecule has 0 aromatic carbocycles. The van der Waals surface area contributed by atoms with Crippen molar-refractivity contribution in [1.29, 1.82) is 0 Å². The molecule has 1 aliphatic carbocycles. The van der Waals surface area contributed by atoms with Crippen LogP contribution in [0.25, 0.3) is 16.7 Å². The van der Waals surface area contributed by atoms with E-state index in [4.69, 9.17) is 10.1 Å². The number of pyridine rings is 3. The molecule has 4 aromatic rings. The van der Waals surface area contributed by atoms with Gasteiger partial charge in [-0.1, -0.05) is 38.1 Å². The maximum absolute atomic E-state index is 12.3. The number of carbonyl (C=O) groups is 1. The molecule has 5 heterocycles. The molecule has 6 rings (SSSR count). The van der Waals surface area contributed by atoms with Crippen LogP contribution in [0.2, 0.25) is 0 Å². The van der Waals surface area contributed by atoms with Crippen LogP contribution in [-0.2, 0) is 17.8 Å². The number of nitrogens with one attached hydrogen (secondary N) is 3. The summed E-state index contributed by atoms with van der Waals surface area (Å²) in [6, 6.07) is 10.2. The normalized spacial score (nSPS) is 14.0. The van der Waals surface area contributed by atoms with E-state index in [9.17, 15) is 4.79 Å². The Morgan fingerprint density at radius 3 is 2.74 bits per heavy atom. The fraction of sp³-hybridized carbons (Fsp3) is 0.194. The second-order valence-corrected chi connectivity index (χ2v) is 10.2. The molecule has 0 saturated heterocycles. The van der Waals surface area contributed by atoms with Gasteiger partial charge in [-0.15, -0.1) is 0 Å². The van der Waals surface area contributed by atoms with Crippen molar-refractivity contribution in [2.75, 3.05) is 5.32 Å². The van der Waals surface area contributed by atoms with Crippen molar-refractivity contribution >= 4 is 22.9 Å². The summed E-state index contributed by atoms with van der Waals surface area (Å²) in [5.41, 5.74) is 13.6. The van der Waals surface area contributed by atoms with E-state index in [0.29, 0.717) is 18.7 Å². The van der Waals surface area contributed by atoms with Gasteiger partial charge in [-0.05, 0) is 35.8 Å². The van der Waals surface area contributed by atoms with Gasteiger partial charge in [0.15, 0.2) is 0 Å². The Bertz CT molecular complexity index is 1630. The zero-order valence-corrected chi connectivity index (χ0v) is 21.9. The molecular formula is C31H29N7O. The van der Waals surface area contributed by atoms with Crippen LogP contribution in [-0.4, -0.2) is 31.6 Å². The number of hydrazone groups is 1. The van der Waals surface area contributed by atoms with Crippen LogP contribution in [0.1, 0.15) is 54.0 Å². The van der Waals surface area contributed by atoms with Gasteiger partial charge in [0.1, 0.15) is 5.71 Å². The van der Waals surface area contributed by atoms with E-state index in [2.05, 4.69) is 62.1 Å². The number of aromatic nitrogens is 4. The quantitative estimate of drug-likeness (QED) is 0.325. The average molecular weight is 516 g/mol. The third-order valence-electron chi connectivity index (χ3n) is 6.75. The third kappa shape index (κ3) is 5.13. The van der Waals surface area contributed by atoms with Crippen LogP contribution in [0.4, 0.5) is 5.69 Å². The van der Waals surface area contributed by atoms with Gasteiger partial charge in [0.2, 0.25) is 5.91 Å². The molecule has 0 saturated carbocycles. The largest absolute Gasteiger partial charge is 0.356 e. The zero-order chi connectivity index (χ0) is 26.8. The first-order valence-electron chi connectivity index (χ1n) is 13.1. The average Bonchev–Trinajstić information content (AvgIpc) is 3.26. The van der Waals surface area contributed by atoms with E-state index in [1.54, 1.807) is 18.6 Å². The summed E-state index contributed by atoms with van der Waals surface area (Å²) in [5.74, 6) is 0.265. The van der Waals surface area contributed by atoms with Crippen LogP contribution >= 0.6 is 0 Å². The molecule has 0 unspecified atom stereocenters. The highest BCUT2D eigenvalue weighted by atomic mass is 16.1. The molecule has 0 fully saturated rings. The van der Waals surface area contributed by atoms with Crippen LogP contribution in [0.5, 0.6) is 0 Å². The molecule has 2 aliphatic rings. The van der Waals surface area contributed by atoms with Crippen molar-refractivity contribution in [3.63, 3.8) is 0 Å². The molecular weight excluding hydrogens is 486 g/mol. The molecule has 0 atom stereocenters. The first-order valence-corrected chi connectivity index (χ1v) is 13.1. The number of allylic oxidation sites excluding steroid dienone is 3. The lowest BCUT2D eigenvalue weighted by Crippen LogP contribution is -2.22. The molecule has 8 nitrogen and oxygen atoms in total. The second-order valence-electron chi connectivity index (χ2n) is 10.2. The molecule has 0 bridgehead atoms. The Hall–Kier alpha value is -4.85. The first kappa shape index (κ1) is 24.5. The first-order chi connectivity index (χ1) is 19.0. The minimum absolute atomic E-state index is 0.0194. The van der Waals surface area contributed by atoms with Crippen LogP contribution in [0, 0.1) is 5.92 Å². The SMILES string of the molecule is CC(C)CC(=O)Nc1cncc(-c2cnc3c(c2)C(c2cc4c([nH]2)CC=CC=C4c2cccnc2)=NNC3)c1. The van der Waals surface area contributed by atoms with Gasteiger partial charge in [0.05, 0.1) is 29.8 Å². The lowest BCUT2D eigenvalue weighted by Gasteiger charge is -2.17. The van der Waals surface area contributed by atoms with Gasteiger partial charge in [-0.3, -0.25) is 19.7 Å². The number of amides is 1. The summed E-state index contributed by atoms with van der Waals surface area (Å²) < 4.78 is 0. The highest BCUT2D eigenvalue weighted by Crippen LogP contribution is 2.32. The number of aromatic amines is 1. The van der Waals surface area contributed by atoms with Gasteiger partial charge in [-0.2, -0.15) is 5.10 Å². The number of anilines is 1. The van der Waals surface area contributed by atoms with E-state index < -0.39 is 0 Å². The van der Waals surface area contributed by atoms with Gasteiger partial charge < -0.3 is 15.7 Å². The molecule has 8 heteroatoms. The summed E-state index contributed by atoms with van der Waals surface area (Å²) in [6.45, 7) is 4.60. The maximum atomic E-state index is 12.3. The van der Waals surface area contributed by atoms with Crippen LogP contribution < -0.4 is 10.7 Å². The lowest BCUT2D eigenvalue weighted by atomic mass is 9.97. The predicted octanol–water partition coefficient (Wildman–Crippen LogP) is 5.25. The van der Waals surface area contributed by atoms with E-state index in [1.807, 2.05) is 38.4 Å². The number of H-pyrrole nitrogens is 1. The maximum Gasteiger partial charge on any atom is 0.224 e. The minimum atomic E-state index is -0.0194. The fourth-order valence-electron chi connectivity index (χ4n) is 4.94. The van der Waals surface area contributed by atoms with Crippen molar-refractivity contribution < 1.29 is 4.79 Å². The third-order valence-corrected chi connectivity index (χ3v) is 6.75. The van der Waals surface area contributed by atoms with E-state index >= 15 is 0 Å². The van der Waals surface area contributed by atoms with Crippen molar-refractivity contribution in [2.24, 2.45) is 11.0 Å². The van der Waals surface area contributed by atoms with Gasteiger partial charge in [0.25, 0.3) is 0 Å². The molecule has 0 spiro atoms. The van der Waals surface area contributed by atoms with Gasteiger partial charge in [-0.25, -0.2) is 0 Å². The number of fused-ring (bicyclic) bond motifs is 2. The second kappa shape index (κ2) is 10.5. The standard InChI is InChI=1S/C31H29N7O/c1-19(2)10-30(39)36-23-11-21(15-33-17-23)22-12-26-29(34-16-22)18-35-38-31(26)28-13-25-24(20-6-5-9-32-14-20)7-3-4-8-27(25)37-28/h3-7,9,11-17,19,35,37H,8,10,18H2,1-2H3,(H,36,39). The molecule has 0 radical (unpaired) electrons. The zero-order valence-electron chi connectivity index (χ0n) is 21.9. The smallest absolute Gasteiger partial charge is 0.224 e. The molecule has 3 N–H and O–H groups in total. The van der Waals surface area contributed by atoms with Crippen molar-refractivity contribution in [3.8, 4) is 11.1 Å². The Kier molecular flexibility index (Phi) is 6.59.